The van der Waals surface area contributed by atoms with Crippen molar-refractivity contribution in [2.75, 3.05) is 19.8 Å². The van der Waals surface area contributed by atoms with Gasteiger partial charge in [-0.2, -0.15) is 0 Å². The van der Waals surface area contributed by atoms with Gasteiger partial charge in [-0.05, 0) is 6.42 Å². The maximum Gasteiger partial charge on any atom is 0.303 e. The lowest BCUT2D eigenvalue weighted by molar-refractivity contribution is -0.350. The molecule has 2 saturated heterocycles. The van der Waals surface area contributed by atoms with E-state index in [1.807, 2.05) is 6.92 Å². The molecule has 18 heteroatoms. The molecule has 266 valence electrons. The number of hydrogen-bond donors (Lipinski definition) is 1. The van der Waals surface area contributed by atoms with Gasteiger partial charge in [0, 0.05) is 55.1 Å². The molecule has 2 aliphatic heterocycles. The fraction of sp³-hybridized carbons (Fsp3) is 0.759. The second kappa shape index (κ2) is 18.5. The van der Waals surface area contributed by atoms with Crippen LogP contribution in [0.2, 0.25) is 0 Å². The molecule has 2 aliphatic rings. The van der Waals surface area contributed by atoms with Crippen LogP contribution in [-0.4, -0.2) is 123 Å². The quantitative estimate of drug-likeness (QED) is 0.182. The molecule has 2 fully saturated rings. The fourth-order valence-electron chi connectivity index (χ4n) is 4.95. The average Bonchev–Trinajstić information content (AvgIpc) is 2.94. The molecule has 1 amide bonds. The summed E-state index contributed by atoms with van der Waals surface area (Å²) in [4.78, 5) is 84.8. The molecule has 2 rings (SSSR count). The van der Waals surface area contributed by atoms with Crippen LogP contribution in [-0.2, 0) is 80.9 Å². The molecule has 0 unspecified atom stereocenters. The zero-order valence-electron chi connectivity index (χ0n) is 27.5. The SMILES string of the molecule is CCCO[C@@H]1O[C@H](COC(C)=O)[C@@H](O[C@@H]2O[C@H](COC(C)=O)[C@H](OC(C)=O)[C@H](OC(C)=O)[C@H]2OC(C)=O)[C@H](OC(C)=O)[C@H]1NC(C)=O. The Morgan fingerprint density at radius 3 is 1.47 bits per heavy atom. The van der Waals surface area contributed by atoms with Crippen molar-refractivity contribution in [3.63, 3.8) is 0 Å². The predicted octanol–water partition coefficient (Wildman–Crippen LogP) is -0.394. The molecule has 0 aromatic heterocycles. The maximum absolute atomic E-state index is 12.4. The third kappa shape index (κ3) is 12.3. The number of nitrogens with one attached hydrogen (secondary N) is 1. The van der Waals surface area contributed by atoms with Crippen LogP contribution >= 0.6 is 0 Å². The molecule has 2 heterocycles. The Balaban J connectivity index is 2.71. The first-order chi connectivity index (χ1) is 22.0. The first-order valence-electron chi connectivity index (χ1n) is 14.8. The minimum Gasteiger partial charge on any atom is -0.463 e. The third-order valence-corrected chi connectivity index (χ3v) is 6.49. The molecule has 0 saturated carbocycles. The molecule has 1 N–H and O–H groups in total. The highest BCUT2D eigenvalue weighted by atomic mass is 16.8. The number of ether oxygens (including phenoxy) is 10. The highest BCUT2D eigenvalue weighted by molar-refractivity contribution is 5.73. The van der Waals surface area contributed by atoms with Crippen LogP contribution in [0.15, 0.2) is 0 Å². The van der Waals surface area contributed by atoms with Crippen molar-refractivity contribution in [3.05, 3.63) is 0 Å². The van der Waals surface area contributed by atoms with E-state index < -0.39 is 116 Å². The van der Waals surface area contributed by atoms with Crippen molar-refractivity contribution in [2.45, 2.75) is 123 Å². The zero-order chi connectivity index (χ0) is 35.4. The molecule has 0 spiro atoms. The Bertz CT molecular complexity index is 1140. The van der Waals surface area contributed by atoms with Crippen molar-refractivity contribution in [1.29, 1.82) is 0 Å². The molecule has 0 aromatic carbocycles. The summed E-state index contributed by atoms with van der Waals surface area (Å²) in [5, 5.41) is 2.63. The second-order valence-corrected chi connectivity index (χ2v) is 10.7. The molecule has 0 aliphatic carbocycles. The summed E-state index contributed by atoms with van der Waals surface area (Å²) in [6.45, 7) is 8.73. The average molecular weight is 678 g/mol. The van der Waals surface area contributed by atoms with Crippen LogP contribution < -0.4 is 5.32 Å². The standard InChI is InChI=1S/C29H43NO17/c1-9-10-38-28-22(30-13(2)31)25(42-17(6)35)23(20(45-28)11-39-14(3)32)47-29-27(44-19(8)37)26(43-18(7)36)24(41-16(5)34)21(46-29)12-40-15(4)33/h20-29H,9-12H2,1-8H3,(H,30,31)/t20-,21-,22-,23-,24+,25-,26+,27-,28-,29+/m1/s1. The van der Waals surface area contributed by atoms with E-state index in [2.05, 4.69) is 5.32 Å². The minimum absolute atomic E-state index is 0.166. The normalized spacial score (nSPS) is 30.2. The van der Waals surface area contributed by atoms with E-state index in [4.69, 9.17) is 47.4 Å². The van der Waals surface area contributed by atoms with Gasteiger partial charge in [-0.15, -0.1) is 0 Å². The van der Waals surface area contributed by atoms with Gasteiger partial charge in [0.05, 0.1) is 0 Å². The number of carbonyl (C=O) groups is 7. The number of rotatable bonds is 14. The number of amides is 1. The summed E-state index contributed by atoms with van der Waals surface area (Å²) in [7, 11) is 0. The van der Waals surface area contributed by atoms with Gasteiger partial charge in [0.2, 0.25) is 5.91 Å². The van der Waals surface area contributed by atoms with E-state index in [1.165, 1.54) is 6.92 Å². The highest BCUT2D eigenvalue weighted by Gasteiger charge is 2.57. The van der Waals surface area contributed by atoms with Crippen molar-refractivity contribution in [3.8, 4) is 0 Å². The van der Waals surface area contributed by atoms with Gasteiger partial charge >= 0.3 is 35.8 Å². The molecule has 0 radical (unpaired) electrons. The Morgan fingerprint density at radius 2 is 1.00 bits per heavy atom. The molecule has 18 nitrogen and oxygen atoms in total. The third-order valence-electron chi connectivity index (χ3n) is 6.49. The first kappa shape index (κ1) is 39.3. The summed E-state index contributed by atoms with van der Waals surface area (Å²) in [6, 6.07) is -1.19. The van der Waals surface area contributed by atoms with Crippen LogP contribution in [0.4, 0.5) is 0 Å². The Kier molecular flexibility index (Phi) is 15.4. The number of hydrogen-bond acceptors (Lipinski definition) is 17. The zero-order valence-corrected chi connectivity index (χ0v) is 27.5. The smallest absolute Gasteiger partial charge is 0.303 e. The lowest BCUT2D eigenvalue weighted by Gasteiger charge is -2.49. The predicted molar refractivity (Wildman–Crippen MR) is 152 cm³/mol. The molecule has 10 atom stereocenters. The maximum atomic E-state index is 12.4. The minimum atomic E-state index is -1.73. The van der Waals surface area contributed by atoms with Gasteiger partial charge in [0.25, 0.3) is 0 Å². The van der Waals surface area contributed by atoms with Gasteiger partial charge in [0.15, 0.2) is 37.0 Å². The lowest BCUT2D eigenvalue weighted by atomic mass is 9.94. The van der Waals surface area contributed by atoms with E-state index in [-0.39, 0.29) is 6.61 Å². The van der Waals surface area contributed by atoms with E-state index >= 15 is 0 Å². The van der Waals surface area contributed by atoms with Crippen molar-refractivity contribution in [1.82, 2.24) is 5.32 Å². The van der Waals surface area contributed by atoms with Crippen LogP contribution in [0.1, 0.15) is 61.8 Å². The Morgan fingerprint density at radius 1 is 0.553 bits per heavy atom. The van der Waals surface area contributed by atoms with Crippen LogP contribution in [0, 0.1) is 0 Å². The summed E-state index contributed by atoms with van der Waals surface area (Å²) in [5.74, 6) is -5.37. The second-order valence-electron chi connectivity index (χ2n) is 10.7. The summed E-state index contributed by atoms with van der Waals surface area (Å²) in [5.41, 5.74) is 0. The van der Waals surface area contributed by atoms with E-state index in [0.29, 0.717) is 6.42 Å². The number of carbonyl (C=O) groups excluding carboxylic acids is 7. The van der Waals surface area contributed by atoms with Gasteiger partial charge in [-0.1, -0.05) is 6.92 Å². The number of esters is 6. The van der Waals surface area contributed by atoms with Crippen molar-refractivity contribution >= 4 is 41.7 Å². The Labute approximate surface area is 271 Å². The largest absolute Gasteiger partial charge is 0.463 e. The Hall–Kier alpha value is -3.87. The van der Waals surface area contributed by atoms with Crippen LogP contribution in [0.5, 0.6) is 0 Å². The topological polar surface area (TPSA) is 224 Å². The molecule has 47 heavy (non-hydrogen) atoms. The molecular formula is C29H43NO17. The molecular weight excluding hydrogens is 634 g/mol. The van der Waals surface area contributed by atoms with E-state index in [0.717, 1.165) is 41.5 Å². The van der Waals surface area contributed by atoms with Crippen molar-refractivity contribution < 1.29 is 80.9 Å². The first-order valence-corrected chi connectivity index (χ1v) is 14.8. The highest BCUT2D eigenvalue weighted by Crippen LogP contribution is 2.34. The van der Waals surface area contributed by atoms with Gasteiger partial charge in [-0.3, -0.25) is 33.6 Å². The summed E-state index contributed by atoms with van der Waals surface area (Å²) < 4.78 is 56.5. The van der Waals surface area contributed by atoms with E-state index in [9.17, 15) is 33.6 Å². The van der Waals surface area contributed by atoms with E-state index in [1.54, 1.807) is 0 Å². The van der Waals surface area contributed by atoms with Gasteiger partial charge < -0.3 is 52.7 Å². The fourth-order valence-corrected chi connectivity index (χ4v) is 4.95. The molecule has 0 aromatic rings. The van der Waals surface area contributed by atoms with Crippen molar-refractivity contribution in [2.24, 2.45) is 0 Å². The monoisotopic (exact) mass is 677 g/mol. The van der Waals surface area contributed by atoms with Gasteiger partial charge in [0.1, 0.15) is 37.6 Å². The summed E-state index contributed by atoms with van der Waals surface area (Å²) in [6.07, 6.45) is -12.6. The molecule has 0 bridgehead atoms. The van der Waals surface area contributed by atoms with Crippen LogP contribution in [0.25, 0.3) is 0 Å². The van der Waals surface area contributed by atoms with Crippen LogP contribution in [0.3, 0.4) is 0 Å². The lowest BCUT2D eigenvalue weighted by Crippen LogP contribution is -2.69. The van der Waals surface area contributed by atoms with Gasteiger partial charge in [-0.25, -0.2) is 0 Å². The summed E-state index contributed by atoms with van der Waals surface area (Å²) >= 11 is 0.